The van der Waals surface area contributed by atoms with Gasteiger partial charge in [-0.2, -0.15) is 0 Å². The Kier molecular flexibility index (Phi) is 4.42. The highest BCUT2D eigenvalue weighted by Gasteiger charge is 2.00. The van der Waals surface area contributed by atoms with Crippen LogP contribution in [0.1, 0.15) is 12.5 Å². The quantitative estimate of drug-likeness (QED) is 0.870. The Bertz CT molecular complexity index is 281. The summed E-state index contributed by atoms with van der Waals surface area (Å²) in [6.45, 7) is 5.09. The Morgan fingerprint density at radius 2 is 2.14 bits per heavy atom. The van der Waals surface area contributed by atoms with Gasteiger partial charge in [0.1, 0.15) is 0 Å². The highest BCUT2D eigenvalue weighted by atomic mass is 79.9. The third-order valence-electron chi connectivity index (χ3n) is 2.01. The SMILES string of the molecule is Cc1cc(Br)cc(NCC(C)CO)c1. The molecule has 0 aliphatic carbocycles. The first-order valence-corrected chi connectivity index (χ1v) is 5.53. The van der Waals surface area contributed by atoms with Crippen LogP contribution in [-0.2, 0) is 0 Å². The van der Waals surface area contributed by atoms with Gasteiger partial charge >= 0.3 is 0 Å². The number of anilines is 1. The van der Waals surface area contributed by atoms with Crippen LogP contribution in [0.2, 0.25) is 0 Å². The third-order valence-corrected chi connectivity index (χ3v) is 2.47. The lowest BCUT2D eigenvalue weighted by atomic mass is 10.2. The van der Waals surface area contributed by atoms with Crippen molar-refractivity contribution in [1.82, 2.24) is 0 Å². The van der Waals surface area contributed by atoms with Crippen LogP contribution in [0.25, 0.3) is 0 Å². The van der Waals surface area contributed by atoms with Gasteiger partial charge < -0.3 is 10.4 Å². The highest BCUT2D eigenvalue weighted by molar-refractivity contribution is 9.10. The summed E-state index contributed by atoms with van der Waals surface area (Å²) in [7, 11) is 0. The van der Waals surface area contributed by atoms with Gasteiger partial charge in [-0.1, -0.05) is 22.9 Å². The molecule has 1 atom stereocenters. The molecular formula is C11H16BrNO. The van der Waals surface area contributed by atoms with E-state index in [1.54, 1.807) is 0 Å². The van der Waals surface area contributed by atoms with Gasteiger partial charge in [0.05, 0.1) is 0 Å². The minimum atomic E-state index is 0.222. The molecule has 0 radical (unpaired) electrons. The number of benzene rings is 1. The van der Waals surface area contributed by atoms with Crippen LogP contribution in [0, 0.1) is 12.8 Å². The van der Waals surface area contributed by atoms with E-state index >= 15 is 0 Å². The van der Waals surface area contributed by atoms with Gasteiger partial charge in [0, 0.05) is 23.3 Å². The summed E-state index contributed by atoms with van der Waals surface area (Å²) in [4.78, 5) is 0. The molecule has 1 rings (SSSR count). The van der Waals surface area contributed by atoms with Crippen molar-refractivity contribution in [3.8, 4) is 0 Å². The monoisotopic (exact) mass is 257 g/mol. The van der Waals surface area contributed by atoms with E-state index < -0.39 is 0 Å². The van der Waals surface area contributed by atoms with Crippen molar-refractivity contribution in [3.63, 3.8) is 0 Å². The van der Waals surface area contributed by atoms with Gasteiger partial charge in [-0.25, -0.2) is 0 Å². The van der Waals surface area contributed by atoms with Gasteiger partial charge in [0.25, 0.3) is 0 Å². The smallest absolute Gasteiger partial charge is 0.0473 e. The third kappa shape index (κ3) is 3.68. The van der Waals surface area contributed by atoms with Crippen molar-refractivity contribution in [2.45, 2.75) is 13.8 Å². The van der Waals surface area contributed by atoms with Gasteiger partial charge in [0.15, 0.2) is 0 Å². The van der Waals surface area contributed by atoms with E-state index in [0.717, 1.165) is 16.7 Å². The Labute approximate surface area is 93.5 Å². The predicted octanol–water partition coefficient (Wildman–Crippen LogP) is 2.80. The van der Waals surface area contributed by atoms with Crippen LogP contribution in [0.3, 0.4) is 0 Å². The summed E-state index contributed by atoms with van der Waals surface area (Å²) >= 11 is 3.45. The molecule has 0 bridgehead atoms. The zero-order valence-electron chi connectivity index (χ0n) is 8.55. The maximum absolute atomic E-state index is 8.87. The van der Waals surface area contributed by atoms with Crippen molar-refractivity contribution in [1.29, 1.82) is 0 Å². The molecule has 2 nitrogen and oxygen atoms in total. The predicted molar refractivity (Wildman–Crippen MR) is 63.6 cm³/mol. The normalized spacial score (nSPS) is 12.6. The van der Waals surface area contributed by atoms with Crippen molar-refractivity contribution < 1.29 is 5.11 Å². The second-order valence-electron chi connectivity index (χ2n) is 3.69. The molecular weight excluding hydrogens is 242 g/mol. The summed E-state index contributed by atoms with van der Waals surface area (Å²) in [6.07, 6.45) is 0. The molecule has 1 aromatic rings. The van der Waals surface area contributed by atoms with E-state index in [0.29, 0.717) is 0 Å². The van der Waals surface area contributed by atoms with Gasteiger partial charge in [-0.3, -0.25) is 0 Å². The van der Waals surface area contributed by atoms with Crippen LogP contribution >= 0.6 is 15.9 Å². The zero-order chi connectivity index (χ0) is 10.6. The number of rotatable bonds is 4. The van der Waals surface area contributed by atoms with Crippen LogP contribution in [0.5, 0.6) is 0 Å². The van der Waals surface area contributed by atoms with Gasteiger partial charge in [-0.05, 0) is 36.6 Å². The van der Waals surface area contributed by atoms with E-state index in [9.17, 15) is 0 Å². The van der Waals surface area contributed by atoms with E-state index in [1.807, 2.05) is 13.0 Å². The number of nitrogens with one attached hydrogen (secondary N) is 1. The number of hydrogen-bond donors (Lipinski definition) is 2. The largest absolute Gasteiger partial charge is 0.396 e. The molecule has 14 heavy (non-hydrogen) atoms. The molecule has 3 heteroatoms. The van der Waals surface area contributed by atoms with Crippen molar-refractivity contribution in [2.24, 2.45) is 5.92 Å². The summed E-state index contributed by atoms with van der Waals surface area (Å²) < 4.78 is 1.08. The van der Waals surface area contributed by atoms with Crippen LogP contribution < -0.4 is 5.32 Å². The lowest BCUT2D eigenvalue weighted by Gasteiger charge is -2.11. The molecule has 0 heterocycles. The molecule has 0 amide bonds. The lowest BCUT2D eigenvalue weighted by Crippen LogP contribution is -2.14. The molecule has 1 aromatic carbocycles. The zero-order valence-corrected chi connectivity index (χ0v) is 10.1. The van der Waals surface area contributed by atoms with Crippen LogP contribution in [-0.4, -0.2) is 18.3 Å². The number of aryl methyl sites for hydroxylation is 1. The molecule has 0 spiro atoms. The second kappa shape index (κ2) is 5.37. The molecule has 78 valence electrons. The number of hydrogen-bond acceptors (Lipinski definition) is 2. The first-order valence-electron chi connectivity index (χ1n) is 4.73. The van der Waals surface area contributed by atoms with E-state index in [-0.39, 0.29) is 12.5 Å². The molecule has 0 saturated carbocycles. The standard InChI is InChI=1S/C11H16BrNO/c1-8-3-10(12)5-11(4-8)13-6-9(2)7-14/h3-5,9,13-14H,6-7H2,1-2H3. The van der Waals surface area contributed by atoms with Crippen molar-refractivity contribution in [2.75, 3.05) is 18.5 Å². The fourth-order valence-corrected chi connectivity index (χ4v) is 1.80. The highest BCUT2D eigenvalue weighted by Crippen LogP contribution is 2.19. The van der Waals surface area contributed by atoms with Gasteiger partial charge in [-0.15, -0.1) is 0 Å². The molecule has 0 fully saturated rings. The minimum absolute atomic E-state index is 0.222. The first-order chi connectivity index (χ1) is 6.61. The molecule has 0 saturated heterocycles. The average Bonchev–Trinajstić information content (AvgIpc) is 2.12. The topological polar surface area (TPSA) is 32.3 Å². The fraction of sp³-hybridized carbons (Fsp3) is 0.455. The van der Waals surface area contributed by atoms with Gasteiger partial charge in [0.2, 0.25) is 0 Å². The Hall–Kier alpha value is -0.540. The van der Waals surface area contributed by atoms with Crippen molar-refractivity contribution in [3.05, 3.63) is 28.2 Å². The first kappa shape index (κ1) is 11.5. The van der Waals surface area contributed by atoms with Crippen LogP contribution in [0.4, 0.5) is 5.69 Å². The number of aliphatic hydroxyl groups is 1. The summed E-state index contributed by atoms with van der Waals surface area (Å²) in [5.41, 5.74) is 2.32. The fourth-order valence-electron chi connectivity index (χ4n) is 1.20. The Morgan fingerprint density at radius 1 is 1.43 bits per heavy atom. The summed E-state index contributed by atoms with van der Waals surface area (Å²) in [5, 5.41) is 12.2. The molecule has 0 aliphatic rings. The van der Waals surface area contributed by atoms with E-state index in [2.05, 4.69) is 40.3 Å². The van der Waals surface area contributed by atoms with E-state index in [1.165, 1.54) is 5.56 Å². The molecule has 1 unspecified atom stereocenters. The second-order valence-corrected chi connectivity index (χ2v) is 4.60. The van der Waals surface area contributed by atoms with Crippen molar-refractivity contribution >= 4 is 21.6 Å². The number of halogens is 1. The Morgan fingerprint density at radius 3 is 2.71 bits per heavy atom. The molecule has 0 aliphatic heterocycles. The average molecular weight is 258 g/mol. The summed E-state index contributed by atoms with van der Waals surface area (Å²) in [5.74, 6) is 0.286. The molecule has 0 aromatic heterocycles. The van der Waals surface area contributed by atoms with Crippen LogP contribution in [0.15, 0.2) is 22.7 Å². The maximum Gasteiger partial charge on any atom is 0.0473 e. The lowest BCUT2D eigenvalue weighted by molar-refractivity contribution is 0.244. The minimum Gasteiger partial charge on any atom is -0.396 e. The Balaban J connectivity index is 2.58. The number of aliphatic hydroxyl groups excluding tert-OH is 1. The molecule has 2 N–H and O–H groups in total. The van der Waals surface area contributed by atoms with E-state index in [4.69, 9.17) is 5.11 Å². The summed E-state index contributed by atoms with van der Waals surface area (Å²) in [6, 6.07) is 6.20. The maximum atomic E-state index is 8.87.